The second kappa shape index (κ2) is 7.32. The number of nitro groups is 1. The second-order valence-corrected chi connectivity index (χ2v) is 10.1. The van der Waals surface area contributed by atoms with Gasteiger partial charge >= 0.3 is 0 Å². The van der Waals surface area contributed by atoms with E-state index in [0.29, 0.717) is 5.84 Å². The molecule has 3 aromatic carbocycles. The Morgan fingerprint density at radius 1 is 1.09 bits per heavy atom. The average molecular weight is 523 g/mol. The number of halogens is 1. The molecule has 1 fully saturated rings. The number of carbonyl (C=O) groups is 1. The van der Waals surface area contributed by atoms with Gasteiger partial charge in [-0.25, -0.2) is 0 Å². The molecule has 0 aliphatic carbocycles. The first-order valence-electron chi connectivity index (χ1n) is 10.1. The number of nitrogens with zero attached hydrogens (tertiary/aromatic N) is 3. The first-order chi connectivity index (χ1) is 16.0. The third kappa shape index (κ3) is 2.90. The van der Waals surface area contributed by atoms with Crippen LogP contribution in [0.4, 0.5) is 17.1 Å². The first kappa shape index (κ1) is 20.3. The second-order valence-electron chi connectivity index (χ2n) is 7.82. The van der Waals surface area contributed by atoms with Crippen LogP contribution >= 0.6 is 27.7 Å². The molecule has 3 atom stereocenters. The van der Waals surface area contributed by atoms with Gasteiger partial charge in [0.15, 0.2) is 11.9 Å². The minimum atomic E-state index is -1.04. The highest BCUT2D eigenvalue weighted by Crippen LogP contribution is 2.60. The van der Waals surface area contributed by atoms with Crippen molar-refractivity contribution in [2.45, 2.75) is 16.2 Å². The Balaban J connectivity index is 1.48. The number of hydrogen-bond donors (Lipinski definition) is 1. The summed E-state index contributed by atoms with van der Waals surface area (Å²) in [5.41, 5.74) is 3.21. The number of nitrogens with one attached hydrogen (secondary N) is 1. The largest absolute Gasteiger partial charge is 0.384 e. The highest BCUT2D eigenvalue weighted by atomic mass is 79.9. The molecule has 164 valence electrons. The normalized spacial score (nSPS) is 24.8. The summed E-state index contributed by atoms with van der Waals surface area (Å²) in [6.07, 6.45) is -0.483. The number of fused-ring (bicyclic) bond motifs is 3. The number of amides is 1. The zero-order chi connectivity index (χ0) is 22.7. The lowest BCUT2D eigenvalue weighted by atomic mass is 10.0. The molecule has 1 saturated heterocycles. The van der Waals surface area contributed by atoms with E-state index in [1.165, 1.54) is 23.9 Å². The summed E-state index contributed by atoms with van der Waals surface area (Å²) in [7, 11) is 0. The number of hydrogen-bond acceptors (Lipinski definition) is 7. The zero-order valence-corrected chi connectivity index (χ0v) is 19.2. The van der Waals surface area contributed by atoms with Gasteiger partial charge in [-0.2, -0.15) is 0 Å². The maximum Gasteiger partial charge on any atom is 0.269 e. The monoisotopic (exact) mass is 522 g/mol. The van der Waals surface area contributed by atoms with Crippen LogP contribution in [-0.2, 0) is 14.5 Å². The van der Waals surface area contributed by atoms with E-state index in [1.807, 2.05) is 53.4 Å². The minimum Gasteiger partial charge on any atom is -0.384 e. The molecular formula is C23H15BrN4O4S. The number of benzene rings is 3. The summed E-state index contributed by atoms with van der Waals surface area (Å²) < 4.78 is 0.924. The number of oxime groups is 1. The summed E-state index contributed by atoms with van der Waals surface area (Å²) in [4.78, 5) is 30.9. The quantitative estimate of drug-likeness (QED) is 0.376. The molecule has 3 aliphatic heterocycles. The van der Waals surface area contributed by atoms with E-state index in [2.05, 4.69) is 26.4 Å². The fraction of sp³-hybridized carbons (Fsp3) is 0.130. The molecule has 0 bridgehead atoms. The molecule has 1 N–H and O–H groups in total. The Morgan fingerprint density at radius 2 is 1.82 bits per heavy atom. The standard InChI is InChI=1S/C23H15BrN4O4S/c24-14-7-11-15(12-8-14)27-21-20(19(32-26-21)13-5-9-16(10-6-13)28(30)31)33-23(27)17-3-1-2-4-18(17)25-22(23)29/h1-12,19-20H,(H,25,29). The molecule has 6 rings (SSSR count). The maximum atomic E-state index is 13.5. The molecule has 8 nitrogen and oxygen atoms in total. The lowest BCUT2D eigenvalue weighted by Gasteiger charge is -2.33. The van der Waals surface area contributed by atoms with E-state index in [4.69, 9.17) is 4.84 Å². The van der Waals surface area contributed by atoms with Crippen LogP contribution in [0.2, 0.25) is 0 Å². The van der Waals surface area contributed by atoms with Crippen molar-refractivity contribution in [1.29, 1.82) is 0 Å². The molecule has 3 aromatic rings. The van der Waals surface area contributed by atoms with Gasteiger partial charge in [0.05, 0.1) is 4.92 Å². The van der Waals surface area contributed by atoms with Crippen LogP contribution in [-0.4, -0.2) is 21.9 Å². The summed E-state index contributed by atoms with van der Waals surface area (Å²) in [6.45, 7) is 0. The van der Waals surface area contributed by atoms with Crippen molar-refractivity contribution in [2.75, 3.05) is 10.2 Å². The predicted molar refractivity (Wildman–Crippen MR) is 129 cm³/mol. The average Bonchev–Trinajstić information content (AvgIpc) is 3.46. The highest BCUT2D eigenvalue weighted by molar-refractivity contribution is 9.10. The third-order valence-electron chi connectivity index (χ3n) is 6.00. The van der Waals surface area contributed by atoms with Gasteiger partial charge in [0, 0.05) is 33.5 Å². The Bertz CT molecular complexity index is 1330. The van der Waals surface area contributed by atoms with E-state index in [1.54, 1.807) is 12.1 Å². The molecular weight excluding hydrogens is 508 g/mol. The lowest BCUT2D eigenvalue weighted by molar-refractivity contribution is -0.384. The number of carbonyl (C=O) groups excluding carboxylic acids is 1. The predicted octanol–water partition coefficient (Wildman–Crippen LogP) is 5.17. The van der Waals surface area contributed by atoms with Crippen LogP contribution in [0.3, 0.4) is 0 Å². The maximum absolute atomic E-state index is 13.5. The number of non-ortho nitro benzene ring substituents is 1. The van der Waals surface area contributed by atoms with Gasteiger partial charge < -0.3 is 10.2 Å². The summed E-state index contributed by atoms with van der Waals surface area (Å²) in [6, 6.07) is 21.6. The van der Waals surface area contributed by atoms with Crippen LogP contribution in [0, 0.1) is 10.1 Å². The van der Waals surface area contributed by atoms with Crippen LogP contribution in [0.25, 0.3) is 0 Å². The van der Waals surface area contributed by atoms with Gasteiger partial charge in [0.2, 0.25) is 4.87 Å². The van der Waals surface area contributed by atoms with Crippen molar-refractivity contribution in [3.05, 3.63) is 98.5 Å². The lowest BCUT2D eigenvalue weighted by Crippen LogP contribution is -2.47. The van der Waals surface area contributed by atoms with Crippen LogP contribution in [0.5, 0.6) is 0 Å². The Morgan fingerprint density at radius 3 is 2.55 bits per heavy atom. The molecule has 3 heterocycles. The number of anilines is 2. The van der Waals surface area contributed by atoms with E-state index in [9.17, 15) is 14.9 Å². The van der Waals surface area contributed by atoms with Gasteiger partial charge in [0.1, 0.15) is 5.25 Å². The van der Waals surface area contributed by atoms with Gasteiger partial charge in [-0.05, 0) is 48.0 Å². The molecule has 0 saturated carbocycles. The van der Waals surface area contributed by atoms with Crippen molar-refractivity contribution < 1.29 is 14.6 Å². The summed E-state index contributed by atoms with van der Waals surface area (Å²) in [5.74, 6) is 0.494. The van der Waals surface area contributed by atoms with Gasteiger partial charge in [-0.1, -0.05) is 39.3 Å². The molecule has 1 spiro atoms. The van der Waals surface area contributed by atoms with Crippen molar-refractivity contribution in [2.24, 2.45) is 5.16 Å². The number of para-hydroxylation sites is 1. The third-order valence-corrected chi connectivity index (χ3v) is 8.17. The SMILES string of the molecule is O=C1Nc2ccccc2C12SC1C(=NOC1c1ccc([N+](=O)[O-])cc1)N2c1ccc(Br)cc1. The fourth-order valence-corrected chi connectivity index (χ4v) is 6.50. The van der Waals surface area contributed by atoms with Gasteiger partial charge in [-0.15, -0.1) is 11.8 Å². The van der Waals surface area contributed by atoms with Crippen molar-refractivity contribution in [1.82, 2.24) is 0 Å². The zero-order valence-electron chi connectivity index (χ0n) is 16.8. The van der Waals surface area contributed by atoms with Crippen LogP contribution < -0.4 is 10.2 Å². The molecule has 3 aliphatic rings. The number of thioether (sulfide) groups is 1. The van der Waals surface area contributed by atoms with Gasteiger partial charge in [0.25, 0.3) is 11.6 Å². The highest BCUT2D eigenvalue weighted by Gasteiger charge is 2.64. The molecule has 0 aromatic heterocycles. The van der Waals surface area contributed by atoms with Crippen molar-refractivity contribution in [3.8, 4) is 0 Å². The Labute approximate surface area is 200 Å². The summed E-state index contributed by atoms with van der Waals surface area (Å²) >= 11 is 4.95. The van der Waals surface area contributed by atoms with E-state index >= 15 is 0 Å². The fourth-order valence-electron chi connectivity index (χ4n) is 4.52. The summed E-state index contributed by atoms with van der Waals surface area (Å²) in [5, 5.41) is 18.2. The van der Waals surface area contributed by atoms with Gasteiger partial charge in [-0.3, -0.25) is 19.8 Å². The Kier molecular flexibility index (Phi) is 4.49. The molecule has 10 heteroatoms. The molecule has 0 radical (unpaired) electrons. The van der Waals surface area contributed by atoms with E-state index < -0.39 is 15.9 Å². The van der Waals surface area contributed by atoms with Crippen LogP contribution in [0.15, 0.2) is 82.4 Å². The first-order valence-corrected chi connectivity index (χ1v) is 11.8. The number of nitro benzene ring substituents is 1. The van der Waals surface area contributed by atoms with Crippen molar-refractivity contribution in [3.63, 3.8) is 0 Å². The van der Waals surface area contributed by atoms with E-state index in [0.717, 1.165) is 27.0 Å². The van der Waals surface area contributed by atoms with Crippen molar-refractivity contribution >= 4 is 56.5 Å². The number of rotatable bonds is 3. The topological polar surface area (TPSA) is 97.1 Å². The number of amidine groups is 1. The minimum absolute atomic E-state index is 0.00835. The molecule has 3 unspecified atom stereocenters. The molecule has 1 amide bonds. The van der Waals surface area contributed by atoms with E-state index in [-0.39, 0.29) is 16.8 Å². The smallest absolute Gasteiger partial charge is 0.269 e. The van der Waals surface area contributed by atoms with Crippen LogP contribution in [0.1, 0.15) is 17.2 Å². The molecule has 33 heavy (non-hydrogen) atoms. The Hall–Kier alpha value is -3.37.